The minimum Gasteiger partial charge on any atom is -0.511 e. The molecule has 0 heterocycles. The van der Waals surface area contributed by atoms with Gasteiger partial charge in [-0.3, -0.25) is 0 Å². The van der Waals surface area contributed by atoms with E-state index >= 15 is 0 Å². The molecule has 0 saturated carbocycles. The van der Waals surface area contributed by atoms with Gasteiger partial charge in [0.1, 0.15) is 46.0 Å². The number of benzene rings is 8. The molecule has 0 aliphatic rings. The molecule has 0 fully saturated rings. The van der Waals surface area contributed by atoms with Crippen molar-refractivity contribution in [3.8, 4) is 73.6 Å². The molecule has 8 N–H and O–H groups in total. The Hall–Kier alpha value is -8.62. The van der Waals surface area contributed by atoms with Crippen LogP contribution in [-0.4, -0.2) is 40.9 Å². The highest BCUT2D eigenvalue weighted by Gasteiger charge is 2.27. The van der Waals surface area contributed by atoms with Crippen LogP contribution in [0.1, 0.15) is 45.2 Å². The van der Waals surface area contributed by atoms with Crippen molar-refractivity contribution in [3.05, 3.63) is 240 Å². The van der Waals surface area contributed by atoms with Crippen molar-refractivity contribution in [2.45, 2.75) is 11.8 Å². The molecule has 1 atom stereocenters. The van der Waals surface area contributed by atoms with Gasteiger partial charge in [-0.25, -0.2) is 0 Å². The van der Waals surface area contributed by atoms with E-state index in [1.165, 1.54) is 0 Å². The Morgan fingerprint density at radius 3 is 1.14 bits per heavy atom. The maximum absolute atomic E-state index is 12.3. The molecule has 316 valence electrons. The molecule has 0 aliphatic carbocycles. The molecule has 64 heavy (non-hydrogen) atoms. The van der Waals surface area contributed by atoms with Gasteiger partial charge in [-0.1, -0.05) is 110 Å². The molecule has 8 aromatic rings. The van der Waals surface area contributed by atoms with E-state index in [2.05, 4.69) is 6.58 Å². The summed E-state index contributed by atoms with van der Waals surface area (Å²) in [5.41, 5.74) is 8.58. The third-order valence-electron chi connectivity index (χ3n) is 11.3. The van der Waals surface area contributed by atoms with Crippen molar-refractivity contribution in [1.29, 1.82) is 0 Å². The number of aliphatic hydroxyl groups excluding tert-OH is 1. The summed E-state index contributed by atoms with van der Waals surface area (Å²) in [4.78, 5) is 0. The van der Waals surface area contributed by atoms with Gasteiger partial charge in [0.25, 0.3) is 0 Å². The first kappa shape index (κ1) is 42.1. The van der Waals surface area contributed by atoms with Crippen molar-refractivity contribution in [2.75, 3.05) is 0 Å². The molecular weight excluding hydrogens is 801 g/mol. The number of aromatic hydroxyl groups is 7. The van der Waals surface area contributed by atoms with Crippen LogP contribution in [0.3, 0.4) is 0 Å². The van der Waals surface area contributed by atoms with E-state index in [4.69, 9.17) is 0 Å². The second kappa shape index (κ2) is 18.2. The van der Waals surface area contributed by atoms with Gasteiger partial charge in [0.15, 0.2) is 0 Å². The number of rotatable bonds is 12. The summed E-state index contributed by atoms with van der Waals surface area (Å²) in [5.74, 6) is -1.45. The average Bonchev–Trinajstić information content (AvgIpc) is 3.30. The first-order valence-corrected chi connectivity index (χ1v) is 20.4. The molecule has 0 aliphatic heterocycles. The molecule has 0 aromatic heterocycles. The third kappa shape index (κ3) is 9.03. The Morgan fingerprint density at radius 2 is 0.734 bits per heavy atom. The molecule has 8 rings (SSSR count). The van der Waals surface area contributed by atoms with Gasteiger partial charge in [-0.15, -0.1) is 0 Å². The molecule has 8 nitrogen and oxygen atoms in total. The Balaban J connectivity index is 1.30. The normalized spacial score (nSPS) is 12.3. The Labute approximate surface area is 370 Å². The van der Waals surface area contributed by atoms with Crippen molar-refractivity contribution >= 4 is 5.57 Å². The second-order valence-corrected chi connectivity index (χ2v) is 15.5. The number of hydrogen-bond donors (Lipinski definition) is 8. The monoisotopic (exact) mass is 844 g/mol. The Morgan fingerprint density at radius 1 is 0.391 bits per heavy atom. The summed E-state index contributed by atoms with van der Waals surface area (Å²) in [7, 11) is 0. The lowest BCUT2D eigenvalue weighted by molar-refractivity contribution is 0.376. The highest BCUT2D eigenvalue weighted by Crippen LogP contribution is 2.45. The predicted octanol–water partition coefficient (Wildman–Crippen LogP) is 12.7. The SMILES string of the molecule is C=C/C=C(\C=C(/O)C(c1ccc(C(c2cc(-c3ccc(O)cc3)ccc2O)c2cc(-c3ccc(O)cc3)ccc2O)cc1)c1cc(-c2ccc(O)cc2)ccc1O)c1ccc(O)cc1. The fourth-order valence-electron chi connectivity index (χ4n) is 8.03. The molecule has 0 amide bonds. The van der Waals surface area contributed by atoms with E-state index in [0.717, 1.165) is 33.4 Å². The van der Waals surface area contributed by atoms with Crippen LogP contribution < -0.4 is 0 Å². The van der Waals surface area contributed by atoms with Gasteiger partial charge < -0.3 is 40.9 Å². The third-order valence-corrected chi connectivity index (χ3v) is 11.3. The minimum atomic E-state index is -0.924. The highest BCUT2D eigenvalue weighted by molar-refractivity contribution is 5.77. The van der Waals surface area contributed by atoms with Crippen molar-refractivity contribution in [1.82, 2.24) is 0 Å². The molecule has 0 spiro atoms. The van der Waals surface area contributed by atoms with E-state index in [0.29, 0.717) is 39.0 Å². The molecular formula is C56H44O8. The number of phenols is 7. The minimum absolute atomic E-state index is 0.0174. The van der Waals surface area contributed by atoms with Crippen LogP contribution in [0.15, 0.2) is 206 Å². The molecule has 1 unspecified atom stereocenters. The summed E-state index contributed by atoms with van der Waals surface area (Å²) in [6.07, 6.45) is 4.93. The van der Waals surface area contributed by atoms with E-state index < -0.39 is 11.8 Å². The van der Waals surface area contributed by atoms with Crippen LogP contribution in [0, 0.1) is 0 Å². The van der Waals surface area contributed by atoms with E-state index in [-0.39, 0.29) is 46.0 Å². The second-order valence-electron chi connectivity index (χ2n) is 15.5. The maximum atomic E-state index is 12.3. The van der Waals surface area contributed by atoms with Gasteiger partial charge >= 0.3 is 0 Å². The standard InChI is InChI=1S/C56H44O8/c1-2-3-40(34-8-19-44(57)20-9-34)33-54(64)56(50-32-43(18-29-53(50)63)37-14-25-47(60)26-15-37)39-6-4-38(5-7-39)55(48-30-41(16-27-51(48)61)35-10-21-45(58)22-11-35)49-31-42(17-28-52(49)62)36-12-23-46(59)24-13-36/h2-33,55-64H,1H2/b40-3+,54-33-. The number of hydrogen-bond acceptors (Lipinski definition) is 8. The van der Waals surface area contributed by atoms with Crippen molar-refractivity contribution in [2.24, 2.45) is 0 Å². The van der Waals surface area contributed by atoms with E-state index in [1.807, 2.05) is 36.4 Å². The first-order chi connectivity index (χ1) is 30.9. The topological polar surface area (TPSA) is 162 Å². The quantitative estimate of drug-likeness (QED) is 0.0342. The zero-order valence-electron chi connectivity index (χ0n) is 34.4. The van der Waals surface area contributed by atoms with Crippen LogP contribution in [0.4, 0.5) is 0 Å². The lowest BCUT2D eigenvalue weighted by Gasteiger charge is -2.24. The zero-order chi connectivity index (χ0) is 44.9. The first-order valence-electron chi connectivity index (χ1n) is 20.4. The highest BCUT2D eigenvalue weighted by atomic mass is 16.3. The lowest BCUT2D eigenvalue weighted by atomic mass is 9.80. The van der Waals surface area contributed by atoms with E-state index in [1.54, 1.807) is 158 Å². The van der Waals surface area contributed by atoms with Gasteiger partial charge in [-0.05, 0) is 147 Å². The van der Waals surface area contributed by atoms with Crippen molar-refractivity contribution in [3.63, 3.8) is 0 Å². The summed E-state index contributed by atoms with van der Waals surface area (Å²) >= 11 is 0. The maximum Gasteiger partial charge on any atom is 0.119 e. The fourth-order valence-corrected chi connectivity index (χ4v) is 8.03. The molecule has 0 saturated heterocycles. The molecule has 8 heteroatoms. The molecule has 8 aromatic carbocycles. The average molecular weight is 845 g/mol. The predicted molar refractivity (Wildman–Crippen MR) is 252 cm³/mol. The van der Waals surface area contributed by atoms with E-state index in [9.17, 15) is 40.9 Å². The van der Waals surface area contributed by atoms with Crippen molar-refractivity contribution < 1.29 is 40.9 Å². The summed E-state index contributed by atoms with van der Waals surface area (Å²) < 4.78 is 0. The number of phenolic OH excluding ortho intramolecular Hbond substituents is 7. The largest absolute Gasteiger partial charge is 0.511 e. The van der Waals surface area contributed by atoms with Gasteiger partial charge in [0.05, 0.1) is 5.92 Å². The number of aliphatic hydroxyl groups is 1. The van der Waals surface area contributed by atoms with Gasteiger partial charge in [0.2, 0.25) is 0 Å². The number of allylic oxidation sites excluding steroid dienone is 5. The van der Waals surface area contributed by atoms with Crippen LogP contribution in [0.2, 0.25) is 0 Å². The summed E-state index contributed by atoms with van der Waals surface area (Å²) in [6.45, 7) is 3.87. The zero-order valence-corrected chi connectivity index (χ0v) is 34.4. The van der Waals surface area contributed by atoms with Gasteiger partial charge in [-0.2, -0.15) is 0 Å². The molecule has 0 radical (unpaired) electrons. The smallest absolute Gasteiger partial charge is 0.119 e. The lowest BCUT2D eigenvalue weighted by Crippen LogP contribution is -2.08. The van der Waals surface area contributed by atoms with Crippen LogP contribution in [-0.2, 0) is 0 Å². The summed E-state index contributed by atoms with van der Waals surface area (Å²) in [6, 6.07) is 49.7. The van der Waals surface area contributed by atoms with Crippen LogP contribution in [0.5, 0.6) is 40.2 Å². The van der Waals surface area contributed by atoms with Crippen LogP contribution >= 0.6 is 0 Å². The van der Waals surface area contributed by atoms with Crippen LogP contribution in [0.25, 0.3) is 39.0 Å². The Bertz CT molecular complexity index is 2910. The summed E-state index contributed by atoms with van der Waals surface area (Å²) in [5, 5.41) is 87.1. The van der Waals surface area contributed by atoms with Gasteiger partial charge in [0, 0.05) is 22.6 Å². The molecule has 0 bridgehead atoms. The Kier molecular flexibility index (Phi) is 11.9. The fraction of sp³-hybridized carbons (Fsp3) is 0.0357.